The van der Waals surface area contributed by atoms with E-state index in [1.807, 2.05) is 0 Å². The molecule has 0 aromatic heterocycles. The van der Waals surface area contributed by atoms with Gasteiger partial charge < -0.3 is 15.3 Å². The molecule has 0 saturated heterocycles. The first-order valence-corrected chi connectivity index (χ1v) is 5.99. The van der Waals surface area contributed by atoms with Gasteiger partial charge in [0.2, 0.25) is 5.82 Å². The summed E-state index contributed by atoms with van der Waals surface area (Å²) in [6.45, 7) is 1.28. The van der Waals surface area contributed by atoms with E-state index in [4.69, 9.17) is 5.11 Å². The fourth-order valence-corrected chi connectivity index (χ4v) is 1.87. The second-order valence-electron chi connectivity index (χ2n) is 3.62. The molecule has 2 unspecified atom stereocenters. The fraction of sp³-hybridized carbons (Fsp3) is 0.364. The third-order valence-electron chi connectivity index (χ3n) is 2.23. The normalized spacial score (nSPS) is 14.3. The van der Waals surface area contributed by atoms with Crippen molar-refractivity contribution in [1.82, 2.24) is 0 Å². The van der Waals surface area contributed by atoms with Gasteiger partial charge in [-0.1, -0.05) is 11.8 Å². The van der Waals surface area contributed by atoms with Gasteiger partial charge in [-0.2, -0.15) is 4.39 Å². The average Bonchev–Trinajstić information content (AvgIpc) is 2.32. The Morgan fingerprint density at radius 2 is 1.94 bits per heavy atom. The molecule has 0 amide bonds. The summed E-state index contributed by atoms with van der Waals surface area (Å²) in [5.41, 5.74) is -0.470. The minimum absolute atomic E-state index is 0.140. The number of phenols is 1. The largest absolute Gasteiger partial charge is 0.505 e. The Bertz CT molecular complexity index is 453. The molecule has 7 heteroatoms. The molecule has 4 nitrogen and oxygen atoms in total. The average molecular weight is 278 g/mol. The summed E-state index contributed by atoms with van der Waals surface area (Å²) >= 11 is 0.761. The van der Waals surface area contributed by atoms with Crippen molar-refractivity contribution in [3.05, 3.63) is 29.3 Å². The van der Waals surface area contributed by atoms with Crippen molar-refractivity contribution in [1.29, 1.82) is 0 Å². The van der Waals surface area contributed by atoms with Crippen molar-refractivity contribution in [2.75, 3.05) is 5.75 Å². The molecule has 1 aromatic rings. The van der Waals surface area contributed by atoms with Crippen LogP contribution in [0.25, 0.3) is 0 Å². The van der Waals surface area contributed by atoms with Gasteiger partial charge in [0.25, 0.3) is 0 Å². The zero-order valence-corrected chi connectivity index (χ0v) is 10.2. The molecule has 2 atom stereocenters. The van der Waals surface area contributed by atoms with Crippen LogP contribution in [0.5, 0.6) is 5.75 Å². The number of benzene rings is 1. The fourth-order valence-electron chi connectivity index (χ4n) is 1.28. The second kappa shape index (κ2) is 6.12. The van der Waals surface area contributed by atoms with E-state index in [0.717, 1.165) is 23.9 Å². The van der Waals surface area contributed by atoms with Crippen molar-refractivity contribution in [3.63, 3.8) is 0 Å². The van der Waals surface area contributed by atoms with Crippen LogP contribution in [-0.2, 0) is 4.79 Å². The molecule has 18 heavy (non-hydrogen) atoms. The minimum atomic E-state index is -1.67. The van der Waals surface area contributed by atoms with Crippen LogP contribution >= 0.6 is 11.8 Å². The van der Waals surface area contributed by atoms with Gasteiger partial charge in [-0.3, -0.25) is 4.79 Å². The van der Waals surface area contributed by atoms with E-state index in [9.17, 15) is 23.8 Å². The maximum Gasteiger partial charge on any atom is 0.200 e. The predicted octanol–water partition coefficient (Wildman–Crippen LogP) is 1.34. The summed E-state index contributed by atoms with van der Waals surface area (Å²) in [4.78, 5) is 10.7. The van der Waals surface area contributed by atoms with Gasteiger partial charge in [-0.15, -0.1) is 0 Å². The van der Waals surface area contributed by atoms with Gasteiger partial charge in [-0.05, 0) is 12.1 Å². The van der Waals surface area contributed by atoms with Crippen LogP contribution in [0.4, 0.5) is 8.78 Å². The number of halogens is 2. The van der Waals surface area contributed by atoms with E-state index in [-0.39, 0.29) is 10.9 Å². The topological polar surface area (TPSA) is 77.8 Å². The van der Waals surface area contributed by atoms with Crippen LogP contribution in [0.3, 0.4) is 0 Å². The van der Waals surface area contributed by atoms with Gasteiger partial charge in [0.1, 0.15) is 6.10 Å². The number of phenolic OH excluding ortho intramolecular Hbond substituents is 1. The van der Waals surface area contributed by atoms with Crippen LogP contribution in [0.15, 0.2) is 12.1 Å². The highest BCUT2D eigenvalue weighted by atomic mass is 32.2. The minimum Gasteiger partial charge on any atom is -0.505 e. The molecule has 0 saturated carbocycles. The van der Waals surface area contributed by atoms with Crippen molar-refractivity contribution in [3.8, 4) is 5.75 Å². The number of aliphatic hydroxyl groups excluding tert-OH is 2. The Hall–Kier alpha value is -1.18. The molecule has 1 rings (SSSR count). The van der Waals surface area contributed by atoms with E-state index in [2.05, 4.69) is 0 Å². The molecule has 1 aromatic carbocycles. The number of aromatic hydroxyl groups is 1. The maximum absolute atomic E-state index is 13.4. The predicted molar refractivity (Wildman–Crippen MR) is 62.1 cm³/mol. The van der Waals surface area contributed by atoms with E-state index >= 15 is 0 Å². The van der Waals surface area contributed by atoms with E-state index in [1.165, 1.54) is 6.92 Å². The van der Waals surface area contributed by atoms with Gasteiger partial charge >= 0.3 is 0 Å². The quantitative estimate of drug-likeness (QED) is 0.775. The molecular weight excluding hydrogens is 266 g/mol. The van der Waals surface area contributed by atoms with Crippen LogP contribution in [0.1, 0.15) is 18.6 Å². The highest BCUT2D eigenvalue weighted by Gasteiger charge is 2.25. The number of carbonyl (C=O) groups is 1. The van der Waals surface area contributed by atoms with Gasteiger partial charge in [0.05, 0.1) is 6.10 Å². The lowest BCUT2D eigenvalue weighted by atomic mass is 10.0. The molecular formula is C11H12F2O4S. The van der Waals surface area contributed by atoms with E-state index in [1.54, 1.807) is 0 Å². The summed E-state index contributed by atoms with van der Waals surface area (Å²) < 4.78 is 26.4. The first-order valence-electron chi connectivity index (χ1n) is 5.01. The zero-order chi connectivity index (χ0) is 13.9. The third kappa shape index (κ3) is 3.41. The molecule has 3 N–H and O–H groups in total. The molecule has 0 spiro atoms. The Kier molecular flexibility index (Phi) is 5.06. The van der Waals surface area contributed by atoms with Crippen molar-refractivity contribution < 1.29 is 28.9 Å². The van der Waals surface area contributed by atoms with Crippen molar-refractivity contribution >= 4 is 16.9 Å². The SMILES string of the molecule is CC(=O)SCC(O)C(O)c1ccc(O)c(F)c1F. The highest BCUT2D eigenvalue weighted by molar-refractivity contribution is 8.13. The number of rotatable bonds is 4. The molecule has 100 valence electrons. The Balaban J connectivity index is 2.86. The van der Waals surface area contributed by atoms with Crippen LogP contribution in [0, 0.1) is 11.6 Å². The van der Waals surface area contributed by atoms with Crippen LogP contribution in [0.2, 0.25) is 0 Å². The van der Waals surface area contributed by atoms with Gasteiger partial charge in [0, 0.05) is 18.2 Å². The number of hydrogen-bond acceptors (Lipinski definition) is 5. The van der Waals surface area contributed by atoms with Crippen molar-refractivity contribution in [2.24, 2.45) is 0 Å². The van der Waals surface area contributed by atoms with Gasteiger partial charge in [-0.25, -0.2) is 4.39 Å². The second-order valence-corrected chi connectivity index (χ2v) is 4.81. The molecule has 0 aliphatic heterocycles. The summed E-state index contributed by atoms with van der Waals surface area (Å²) in [5, 5.41) is 27.8. The zero-order valence-electron chi connectivity index (χ0n) is 9.43. The standard InChI is InChI=1S/C11H12F2O4S/c1-5(14)18-4-8(16)11(17)6-2-3-7(15)10(13)9(6)12/h2-3,8,11,15-17H,4H2,1H3. The molecule has 0 bridgehead atoms. The number of aliphatic hydroxyl groups is 2. The number of thioether (sulfide) groups is 1. The lowest BCUT2D eigenvalue weighted by Crippen LogP contribution is -2.22. The molecule has 0 heterocycles. The summed E-state index contributed by atoms with van der Waals surface area (Å²) in [6, 6.07) is 1.85. The van der Waals surface area contributed by atoms with Gasteiger partial charge in [0.15, 0.2) is 16.7 Å². The maximum atomic E-state index is 13.4. The Morgan fingerprint density at radius 1 is 1.33 bits per heavy atom. The summed E-state index contributed by atoms with van der Waals surface area (Å²) in [5.74, 6) is -3.93. The molecule has 0 aliphatic carbocycles. The summed E-state index contributed by atoms with van der Waals surface area (Å²) in [7, 11) is 0. The Morgan fingerprint density at radius 3 is 2.50 bits per heavy atom. The number of carbonyl (C=O) groups excluding carboxylic acids is 1. The third-order valence-corrected chi connectivity index (χ3v) is 3.15. The first kappa shape index (κ1) is 14.9. The van der Waals surface area contributed by atoms with Crippen LogP contribution < -0.4 is 0 Å². The smallest absolute Gasteiger partial charge is 0.200 e. The first-order chi connectivity index (χ1) is 8.34. The lowest BCUT2D eigenvalue weighted by molar-refractivity contribution is -0.109. The molecule has 0 radical (unpaired) electrons. The van der Waals surface area contributed by atoms with E-state index < -0.39 is 35.2 Å². The monoisotopic (exact) mass is 278 g/mol. The Labute approximate surface area is 106 Å². The lowest BCUT2D eigenvalue weighted by Gasteiger charge is -2.18. The van der Waals surface area contributed by atoms with E-state index in [0.29, 0.717) is 0 Å². The van der Waals surface area contributed by atoms with Crippen LogP contribution in [-0.4, -0.2) is 32.3 Å². The summed E-state index contributed by atoms with van der Waals surface area (Å²) in [6.07, 6.45) is -3.09. The highest BCUT2D eigenvalue weighted by Crippen LogP contribution is 2.28. The van der Waals surface area contributed by atoms with Crippen molar-refractivity contribution in [2.45, 2.75) is 19.1 Å². The molecule has 0 aliphatic rings. The molecule has 0 fully saturated rings. The number of hydrogen-bond donors (Lipinski definition) is 3.